The number of nitrogens with one attached hydrogen (secondary N) is 1. The Kier molecular flexibility index (Phi) is 6.16. The van der Waals surface area contributed by atoms with Crippen molar-refractivity contribution >= 4 is 45.8 Å². The number of aliphatic carboxylic acids is 1. The number of esters is 1. The maximum absolute atomic E-state index is 12.8. The summed E-state index contributed by atoms with van der Waals surface area (Å²) >= 11 is 7.43. The van der Waals surface area contributed by atoms with Gasteiger partial charge in [0, 0.05) is 21.5 Å². The van der Waals surface area contributed by atoms with Crippen molar-refractivity contribution in [1.82, 2.24) is 0 Å². The molecule has 1 aliphatic carbocycles. The first-order valence-electron chi connectivity index (χ1n) is 8.57. The van der Waals surface area contributed by atoms with E-state index in [0.29, 0.717) is 34.0 Å². The van der Waals surface area contributed by atoms with Crippen LogP contribution in [0.5, 0.6) is 0 Å². The number of hydrogen-bond donors (Lipinski definition) is 2. The van der Waals surface area contributed by atoms with Gasteiger partial charge in [0.2, 0.25) is 5.91 Å². The minimum Gasteiger partial charge on any atom is -0.481 e. The minimum atomic E-state index is -1.01. The maximum Gasteiger partial charge on any atom is 0.341 e. The Bertz CT molecular complexity index is 952. The molecule has 0 saturated heterocycles. The van der Waals surface area contributed by atoms with E-state index in [4.69, 9.17) is 16.3 Å². The molecule has 1 heterocycles. The number of ether oxygens (including phenoxy) is 1. The Morgan fingerprint density at radius 3 is 2.46 bits per heavy atom. The zero-order valence-corrected chi connectivity index (χ0v) is 16.5. The highest BCUT2D eigenvalue weighted by molar-refractivity contribution is 7.15. The van der Waals surface area contributed by atoms with E-state index in [0.717, 1.165) is 0 Å². The van der Waals surface area contributed by atoms with E-state index in [1.807, 2.05) is 0 Å². The molecule has 28 heavy (non-hydrogen) atoms. The van der Waals surface area contributed by atoms with Gasteiger partial charge in [-0.15, -0.1) is 11.3 Å². The summed E-state index contributed by atoms with van der Waals surface area (Å²) in [6.07, 6.45) is 4.20. The molecular formula is C20H18ClNO5S. The second-order valence-corrected chi connectivity index (χ2v) is 7.60. The molecule has 0 fully saturated rings. The SMILES string of the molecule is COC(=O)c1c(-c2ccccc2Cl)csc1NC(=O)[C@@H]1CC=CC[C@H]1C(=O)O. The highest BCUT2D eigenvalue weighted by atomic mass is 35.5. The van der Waals surface area contributed by atoms with Crippen molar-refractivity contribution in [2.75, 3.05) is 12.4 Å². The molecule has 0 unspecified atom stereocenters. The van der Waals surface area contributed by atoms with Gasteiger partial charge in [0.05, 0.1) is 18.9 Å². The molecule has 0 bridgehead atoms. The Labute approximate surface area is 170 Å². The lowest BCUT2D eigenvalue weighted by Gasteiger charge is -2.24. The van der Waals surface area contributed by atoms with Gasteiger partial charge < -0.3 is 15.2 Å². The van der Waals surface area contributed by atoms with Gasteiger partial charge in [-0.1, -0.05) is 42.0 Å². The van der Waals surface area contributed by atoms with Crippen LogP contribution in [0, 0.1) is 11.8 Å². The quantitative estimate of drug-likeness (QED) is 0.551. The minimum absolute atomic E-state index is 0.201. The van der Waals surface area contributed by atoms with Crippen LogP contribution in [-0.4, -0.2) is 30.1 Å². The van der Waals surface area contributed by atoms with Gasteiger partial charge in [-0.2, -0.15) is 0 Å². The molecule has 2 atom stereocenters. The average Bonchev–Trinajstić information content (AvgIpc) is 3.10. The van der Waals surface area contributed by atoms with Crippen LogP contribution in [0.2, 0.25) is 5.02 Å². The second kappa shape index (κ2) is 8.58. The smallest absolute Gasteiger partial charge is 0.341 e. The third-order valence-electron chi connectivity index (χ3n) is 4.67. The number of rotatable bonds is 5. The Hall–Kier alpha value is -2.64. The topological polar surface area (TPSA) is 92.7 Å². The summed E-state index contributed by atoms with van der Waals surface area (Å²) in [7, 11) is 1.26. The van der Waals surface area contributed by atoms with Gasteiger partial charge in [-0.3, -0.25) is 9.59 Å². The second-order valence-electron chi connectivity index (χ2n) is 6.31. The molecule has 1 aromatic heterocycles. The molecule has 1 amide bonds. The zero-order valence-electron chi connectivity index (χ0n) is 15.0. The molecule has 2 N–H and O–H groups in total. The molecule has 2 aromatic rings. The van der Waals surface area contributed by atoms with E-state index in [9.17, 15) is 19.5 Å². The van der Waals surface area contributed by atoms with Crippen molar-refractivity contribution < 1.29 is 24.2 Å². The molecule has 0 saturated carbocycles. The van der Waals surface area contributed by atoms with Gasteiger partial charge in [0.15, 0.2) is 0 Å². The van der Waals surface area contributed by atoms with E-state index in [1.165, 1.54) is 18.4 Å². The summed E-state index contributed by atoms with van der Waals surface area (Å²) in [5.74, 6) is -3.56. The number of allylic oxidation sites excluding steroid dienone is 2. The lowest BCUT2D eigenvalue weighted by Crippen LogP contribution is -2.34. The van der Waals surface area contributed by atoms with Crippen LogP contribution in [-0.2, 0) is 14.3 Å². The van der Waals surface area contributed by atoms with Gasteiger partial charge in [0.1, 0.15) is 10.6 Å². The van der Waals surface area contributed by atoms with Crippen molar-refractivity contribution in [3.8, 4) is 11.1 Å². The number of carbonyl (C=O) groups is 3. The number of methoxy groups -OCH3 is 1. The van der Waals surface area contributed by atoms with Crippen molar-refractivity contribution in [3.05, 3.63) is 52.4 Å². The fourth-order valence-electron chi connectivity index (χ4n) is 3.21. The first kappa shape index (κ1) is 20.1. The fraction of sp³-hybridized carbons (Fsp3) is 0.250. The normalized spacial score (nSPS) is 18.5. The molecule has 1 aromatic carbocycles. The van der Waals surface area contributed by atoms with Crippen LogP contribution in [0.3, 0.4) is 0 Å². The number of hydrogen-bond acceptors (Lipinski definition) is 5. The number of amides is 1. The van der Waals surface area contributed by atoms with Crippen LogP contribution >= 0.6 is 22.9 Å². The third-order valence-corrected chi connectivity index (χ3v) is 5.89. The van der Waals surface area contributed by atoms with Gasteiger partial charge >= 0.3 is 11.9 Å². The predicted octanol–water partition coefficient (Wildman–Crippen LogP) is 4.46. The molecule has 1 aliphatic rings. The largest absolute Gasteiger partial charge is 0.481 e. The monoisotopic (exact) mass is 419 g/mol. The third kappa shape index (κ3) is 3.95. The van der Waals surface area contributed by atoms with E-state index in [2.05, 4.69) is 5.32 Å². The number of carboxylic acid groups (broad SMARTS) is 1. The van der Waals surface area contributed by atoms with Crippen molar-refractivity contribution in [2.24, 2.45) is 11.8 Å². The fourth-order valence-corrected chi connectivity index (χ4v) is 4.40. The van der Waals surface area contributed by atoms with Gasteiger partial charge in [-0.25, -0.2) is 4.79 Å². The van der Waals surface area contributed by atoms with Gasteiger partial charge in [0.25, 0.3) is 0 Å². The van der Waals surface area contributed by atoms with Crippen molar-refractivity contribution in [2.45, 2.75) is 12.8 Å². The summed E-state index contributed by atoms with van der Waals surface area (Å²) in [6, 6.07) is 7.06. The van der Waals surface area contributed by atoms with Gasteiger partial charge in [-0.05, 0) is 18.9 Å². The molecule has 8 heteroatoms. The lowest BCUT2D eigenvalue weighted by atomic mass is 9.82. The molecule has 3 rings (SSSR count). The van der Waals surface area contributed by atoms with Crippen molar-refractivity contribution in [1.29, 1.82) is 0 Å². The molecular weight excluding hydrogens is 402 g/mol. The summed E-state index contributed by atoms with van der Waals surface area (Å²) in [5.41, 5.74) is 1.40. The van der Waals surface area contributed by atoms with Crippen molar-refractivity contribution in [3.63, 3.8) is 0 Å². The van der Waals surface area contributed by atoms with E-state index < -0.39 is 29.7 Å². The predicted molar refractivity (Wildman–Crippen MR) is 108 cm³/mol. The van der Waals surface area contributed by atoms with Crippen LogP contribution < -0.4 is 5.32 Å². The highest BCUT2D eigenvalue weighted by Crippen LogP contribution is 2.39. The molecule has 0 spiro atoms. The first-order valence-corrected chi connectivity index (χ1v) is 9.83. The number of halogens is 1. The van der Waals surface area contributed by atoms with Crippen LogP contribution in [0.25, 0.3) is 11.1 Å². The summed E-state index contributed by atoms with van der Waals surface area (Å²) in [6.45, 7) is 0. The van der Waals surface area contributed by atoms with Crippen LogP contribution in [0.4, 0.5) is 5.00 Å². The Morgan fingerprint density at radius 2 is 1.82 bits per heavy atom. The summed E-state index contributed by atoms with van der Waals surface area (Å²) in [4.78, 5) is 36.7. The molecule has 146 valence electrons. The number of anilines is 1. The summed E-state index contributed by atoms with van der Waals surface area (Å²) < 4.78 is 4.89. The summed E-state index contributed by atoms with van der Waals surface area (Å²) in [5, 5.41) is 14.6. The lowest BCUT2D eigenvalue weighted by molar-refractivity contribution is -0.146. The molecule has 0 radical (unpaired) electrons. The average molecular weight is 420 g/mol. The van der Waals surface area contributed by atoms with Crippen LogP contribution in [0.1, 0.15) is 23.2 Å². The first-order chi connectivity index (χ1) is 13.4. The van der Waals surface area contributed by atoms with E-state index in [-0.39, 0.29) is 5.56 Å². The Balaban J connectivity index is 1.95. The standard InChI is InChI=1S/C20H18ClNO5S/c1-27-20(26)16-14(11-6-4-5-9-15(11)21)10-28-18(16)22-17(23)12-7-2-3-8-13(12)19(24)25/h2-6,9-10,12-13H,7-8H2,1H3,(H,22,23)(H,24,25)/t12-,13-/m1/s1. The molecule has 0 aliphatic heterocycles. The Morgan fingerprint density at radius 1 is 1.14 bits per heavy atom. The maximum atomic E-state index is 12.8. The number of benzene rings is 1. The van der Waals surface area contributed by atoms with Crippen LogP contribution in [0.15, 0.2) is 41.8 Å². The highest BCUT2D eigenvalue weighted by Gasteiger charge is 2.35. The number of thiophene rings is 1. The number of carbonyl (C=O) groups excluding carboxylic acids is 2. The van der Waals surface area contributed by atoms with E-state index in [1.54, 1.807) is 41.8 Å². The zero-order chi connectivity index (χ0) is 20.3. The number of carboxylic acids is 1. The molecule has 6 nitrogen and oxygen atoms in total. The van der Waals surface area contributed by atoms with E-state index >= 15 is 0 Å².